The molecule has 0 bridgehead atoms. The van der Waals surface area contributed by atoms with Gasteiger partial charge in [0.15, 0.2) is 5.82 Å². The van der Waals surface area contributed by atoms with Crippen LogP contribution in [0.1, 0.15) is 17.0 Å². The summed E-state index contributed by atoms with van der Waals surface area (Å²) in [4.78, 5) is 4.54. The van der Waals surface area contributed by atoms with Crippen LogP contribution in [0, 0.1) is 13.8 Å². The molecule has 4 heteroatoms. The SMILES string of the molecule is Cc1ccc(OCc2nc(Br)c3c(C)cccn23)cc1. The van der Waals surface area contributed by atoms with E-state index in [2.05, 4.69) is 45.2 Å². The first-order valence-electron chi connectivity index (χ1n) is 6.46. The summed E-state index contributed by atoms with van der Waals surface area (Å²) < 4.78 is 8.73. The van der Waals surface area contributed by atoms with Gasteiger partial charge in [-0.2, -0.15) is 0 Å². The summed E-state index contributed by atoms with van der Waals surface area (Å²) in [7, 11) is 0. The van der Waals surface area contributed by atoms with Crippen molar-refractivity contribution in [1.29, 1.82) is 0 Å². The van der Waals surface area contributed by atoms with Gasteiger partial charge in [-0.25, -0.2) is 4.98 Å². The second kappa shape index (κ2) is 5.29. The van der Waals surface area contributed by atoms with Gasteiger partial charge in [0.1, 0.15) is 17.0 Å². The van der Waals surface area contributed by atoms with Crippen molar-refractivity contribution in [2.75, 3.05) is 0 Å². The largest absolute Gasteiger partial charge is 0.486 e. The van der Waals surface area contributed by atoms with E-state index in [4.69, 9.17) is 4.74 Å². The van der Waals surface area contributed by atoms with Crippen molar-refractivity contribution in [2.24, 2.45) is 0 Å². The highest BCUT2D eigenvalue weighted by Crippen LogP contribution is 2.23. The van der Waals surface area contributed by atoms with Crippen LogP contribution in [-0.4, -0.2) is 9.38 Å². The first-order chi connectivity index (χ1) is 9.65. The van der Waals surface area contributed by atoms with Crippen LogP contribution >= 0.6 is 15.9 Å². The molecule has 102 valence electrons. The maximum atomic E-state index is 5.80. The van der Waals surface area contributed by atoms with Crippen LogP contribution in [0.15, 0.2) is 47.2 Å². The third-order valence-electron chi connectivity index (χ3n) is 3.29. The monoisotopic (exact) mass is 330 g/mol. The number of imidazole rings is 1. The molecule has 0 saturated heterocycles. The van der Waals surface area contributed by atoms with Crippen molar-refractivity contribution < 1.29 is 4.74 Å². The Kier molecular flexibility index (Phi) is 3.49. The van der Waals surface area contributed by atoms with Crippen LogP contribution in [0.5, 0.6) is 5.75 Å². The highest BCUT2D eigenvalue weighted by Gasteiger charge is 2.11. The summed E-state index contributed by atoms with van der Waals surface area (Å²) in [5, 5.41) is 0. The van der Waals surface area contributed by atoms with Gasteiger partial charge in [-0.15, -0.1) is 0 Å². The molecule has 2 aromatic heterocycles. The van der Waals surface area contributed by atoms with E-state index < -0.39 is 0 Å². The molecule has 0 aliphatic heterocycles. The lowest BCUT2D eigenvalue weighted by Crippen LogP contribution is -2.01. The zero-order valence-electron chi connectivity index (χ0n) is 11.4. The number of benzene rings is 1. The summed E-state index contributed by atoms with van der Waals surface area (Å²) >= 11 is 3.52. The van der Waals surface area contributed by atoms with Gasteiger partial charge in [-0.05, 0) is 53.5 Å². The predicted octanol–water partition coefficient (Wildman–Crippen LogP) is 4.29. The van der Waals surface area contributed by atoms with E-state index in [-0.39, 0.29) is 0 Å². The lowest BCUT2D eigenvalue weighted by Gasteiger charge is -2.06. The number of hydrogen-bond donors (Lipinski definition) is 0. The minimum Gasteiger partial charge on any atom is -0.486 e. The molecule has 3 nitrogen and oxygen atoms in total. The van der Waals surface area contributed by atoms with E-state index >= 15 is 0 Å². The highest BCUT2D eigenvalue weighted by molar-refractivity contribution is 9.10. The van der Waals surface area contributed by atoms with Crippen LogP contribution in [0.25, 0.3) is 5.52 Å². The molecular formula is C16H15BrN2O. The van der Waals surface area contributed by atoms with E-state index in [1.807, 2.05) is 36.5 Å². The lowest BCUT2D eigenvalue weighted by molar-refractivity contribution is 0.295. The second-order valence-electron chi connectivity index (χ2n) is 4.83. The Morgan fingerprint density at radius 2 is 1.90 bits per heavy atom. The van der Waals surface area contributed by atoms with Crippen LogP contribution in [-0.2, 0) is 6.61 Å². The number of aryl methyl sites for hydroxylation is 2. The lowest BCUT2D eigenvalue weighted by atomic mass is 10.2. The van der Waals surface area contributed by atoms with E-state index in [1.165, 1.54) is 11.1 Å². The van der Waals surface area contributed by atoms with Gasteiger partial charge < -0.3 is 4.74 Å². The van der Waals surface area contributed by atoms with Crippen LogP contribution < -0.4 is 4.74 Å². The molecule has 2 heterocycles. The molecule has 0 N–H and O–H groups in total. The minimum absolute atomic E-state index is 0.444. The standard InChI is InChI=1S/C16H15BrN2O/c1-11-5-7-13(8-6-11)20-10-14-18-16(17)15-12(2)4-3-9-19(14)15/h3-9H,10H2,1-2H3. The Bertz CT molecular complexity index is 747. The summed E-state index contributed by atoms with van der Waals surface area (Å²) in [5.74, 6) is 1.74. The quantitative estimate of drug-likeness (QED) is 0.716. The maximum absolute atomic E-state index is 5.80. The van der Waals surface area contributed by atoms with Gasteiger partial charge in [0.2, 0.25) is 0 Å². The Hall–Kier alpha value is -1.81. The second-order valence-corrected chi connectivity index (χ2v) is 5.58. The molecule has 0 atom stereocenters. The number of ether oxygens (including phenoxy) is 1. The first-order valence-corrected chi connectivity index (χ1v) is 7.26. The number of nitrogens with zero attached hydrogens (tertiary/aromatic N) is 2. The Morgan fingerprint density at radius 1 is 1.15 bits per heavy atom. The molecule has 3 rings (SSSR count). The van der Waals surface area contributed by atoms with Crippen molar-refractivity contribution >= 4 is 21.4 Å². The zero-order valence-corrected chi connectivity index (χ0v) is 13.0. The van der Waals surface area contributed by atoms with E-state index in [9.17, 15) is 0 Å². The number of rotatable bonds is 3. The van der Waals surface area contributed by atoms with Crippen molar-refractivity contribution in [3.05, 3.63) is 64.1 Å². The van der Waals surface area contributed by atoms with Crippen molar-refractivity contribution in [1.82, 2.24) is 9.38 Å². The molecule has 0 aliphatic carbocycles. The zero-order chi connectivity index (χ0) is 14.1. The summed E-state index contributed by atoms with van der Waals surface area (Å²) in [6, 6.07) is 12.1. The van der Waals surface area contributed by atoms with Crippen molar-refractivity contribution in [3.8, 4) is 5.75 Å². The topological polar surface area (TPSA) is 26.5 Å². The van der Waals surface area contributed by atoms with Crippen molar-refractivity contribution in [2.45, 2.75) is 20.5 Å². The Morgan fingerprint density at radius 3 is 2.65 bits per heavy atom. The number of fused-ring (bicyclic) bond motifs is 1. The minimum atomic E-state index is 0.444. The normalized spacial score (nSPS) is 10.9. The van der Waals surface area contributed by atoms with E-state index in [0.717, 1.165) is 21.7 Å². The molecule has 1 aromatic carbocycles. The van der Waals surface area contributed by atoms with Crippen LogP contribution in [0.3, 0.4) is 0 Å². The fourth-order valence-corrected chi connectivity index (χ4v) is 2.91. The average Bonchev–Trinajstić information content (AvgIpc) is 2.76. The molecule has 0 amide bonds. The van der Waals surface area contributed by atoms with Gasteiger partial charge in [0.05, 0.1) is 5.52 Å². The molecule has 0 saturated carbocycles. The van der Waals surface area contributed by atoms with Gasteiger partial charge in [-0.3, -0.25) is 4.40 Å². The number of aromatic nitrogens is 2. The number of pyridine rings is 1. The average molecular weight is 331 g/mol. The van der Waals surface area contributed by atoms with Gasteiger partial charge in [0.25, 0.3) is 0 Å². The van der Waals surface area contributed by atoms with Crippen LogP contribution in [0.2, 0.25) is 0 Å². The molecule has 0 unspecified atom stereocenters. The van der Waals surface area contributed by atoms with Gasteiger partial charge >= 0.3 is 0 Å². The fourth-order valence-electron chi connectivity index (χ4n) is 2.20. The van der Waals surface area contributed by atoms with Crippen molar-refractivity contribution in [3.63, 3.8) is 0 Å². The summed E-state index contributed by atoms with van der Waals surface area (Å²) in [6.07, 6.45) is 2.01. The predicted molar refractivity (Wildman–Crippen MR) is 83.1 cm³/mol. The number of hydrogen-bond acceptors (Lipinski definition) is 2. The number of halogens is 1. The van der Waals surface area contributed by atoms with E-state index in [1.54, 1.807) is 0 Å². The first kappa shape index (κ1) is 13.2. The van der Waals surface area contributed by atoms with Gasteiger partial charge in [0, 0.05) is 6.20 Å². The smallest absolute Gasteiger partial charge is 0.152 e. The molecule has 0 fully saturated rings. The van der Waals surface area contributed by atoms with Crippen LogP contribution in [0.4, 0.5) is 0 Å². The molecule has 20 heavy (non-hydrogen) atoms. The highest BCUT2D eigenvalue weighted by atomic mass is 79.9. The molecular weight excluding hydrogens is 316 g/mol. The Balaban J connectivity index is 1.88. The molecule has 0 radical (unpaired) electrons. The van der Waals surface area contributed by atoms with Gasteiger partial charge in [-0.1, -0.05) is 23.8 Å². The summed E-state index contributed by atoms with van der Waals surface area (Å²) in [5.41, 5.74) is 3.51. The maximum Gasteiger partial charge on any atom is 0.152 e. The summed E-state index contributed by atoms with van der Waals surface area (Å²) in [6.45, 7) is 4.58. The fraction of sp³-hybridized carbons (Fsp3) is 0.188. The third-order valence-corrected chi connectivity index (χ3v) is 3.84. The third kappa shape index (κ3) is 2.43. The molecule has 0 aliphatic rings. The molecule has 0 spiro atoms. The Labute approximate surface area is 126 Å². The molecule has 3 aromatic rings. The van der Waals surface area contributed by atoms with E-state index in [0.29, 0.717) is 6.61 Å².